The van der Waals surface area contributed by atoms with Gasteiger partial charge in [-0.1, -0.05) is 13.0 Å². The van der Waals surface area contributed by atoms with Crippen LogP contribution in [0.25, 0.3) is 0 Å². The Kier molecular flexibility index (Phi) is 4.43. The van der Waals surface area contributed by atoms with E-state index < -0.39 is 0 Å². The minimum absolute atomic E-state index is 0.0190. The van der Waals surface area contributed by atoms with E-state index in [1.165, 1.54) is 0 Å². The van der Waals surface area contributed by atoms with Crippen LogP contribution >= 0.6 is 0 Å². The van der Waals surface area contributed by atoms with Crippen LogP contribution in [0.2, 0.25) is 0 Å². The summed E-state index contributed by atoms with van der Waals surface area (Å²) < 4.78 is 0. The third-order valence-corrected chi connectivity index (χ3v) is 3.75. The molecule has 0 saturated heterocycles. The Hall–Kier alpha value is -1.55. The molecule has 1 aliphatic carbocycles. The Balaban J connectivity index is 2.03. The van der Waals surface area contributed by atoms with Crippen LogP contribution in [0.3, 0.4) is 0 Å². The Morgan fingerprint density at radius 2 is 2.00 bits per heavy atom. The van der Waals surface area contributed by atoms with Gasteiger partial charge in [0, 0.05) is 6.04 Å². The highest BCUT2D eigenvalue weighted by molar-refractivity contribution is 5.97. The molecule has 2 rings (SSSR count). The average molecular weight is 263 g/mol. The monoisotopic (exact) mass is 263 g/mol. The van der Waals surface area contributed by atoms with Gasteiger partial charge in [0.2, 0.25) is 0 Å². The summed E-state index contributed by atoms with van der Waals surface area (Å²) in [5.41, 5.74) is 1.37. The fraction of sp³-hybridized carbons (Fsp3) is 0.533. The molecule has 0 aliphatic heterocycles. The van der Waals surface area contributed by atoms with Crippen LogP contribution in [-0.2, 0) is 6.42 Å². The minimum Gasteiger partial charge on any atom is -0.507 e. The number of benzene rings is 1. The summed E-state index contributed by atoms with van der Waals surface area (Å²) in [5.74, 6) is -0.209. The fourth-order valence-electron chi connectivity index (χ4n) is 2.47. The van der Waals surface area contributed by atoms with E-state index in [-0.39, 0.29) is 23.8 Å². The van der Waals surface area contributed by atoms with Crippen molar-refractivity contribution in [2.75, 3.05) is 0 Å². The lowest BCUT2D eigenvalue weighted by Gasteiger charge is -2.26. The number of hydrogen-bond donors (Lipinski definition) is 3. The number of hydrogen-bond acceptors (Lipinski definition) is 3. The van der Waals surface area contributed by atoms with E-state index in [1.54, 1.807) is 12.1 Å². The molecule has 0 heterocycles. The normalized spacial score (nSPS) is 23.1. The molecule has 19 heavy (non-hydrogen) atoms. The zero-order valence-electron chi connectivity index (χ0n) is 11.2. The zero-order chi connectivity index (χ0) is 13.8. The zero-order valence-corrected chi connectivity index (χ0v) is 11.2. The number of amides is 1. The molecule has 1 aliphatic rings. The highest BCUT2D eigenvalue weighted by Crippen LogP contribution is 2.22. The first-order valence-electron chi connectivity index (χ1n) is 6.91. The Labute approximate surface area is 113 Å². The van der Waals surface area contributed by atoms with E-state index in [9.17, 15) is 15.0 Å². The van der Waals surface area contributed by atoms with E-state index in [4.69, 9.17) is 0 Å². The molecule has 4 heteroatoms. The van der Waals surface area contributed by atoms with Crippen molar-refractivity contribution in [1.29, 1.82) is 0 Å². The fourth-order valence-corrected chi connectivity index (χ4v) is 2.47. The predicted octanol–water partition coefficient (Wildman–Crippen LogP) is 1.99. The summed E-state index contributed by atoms with van der Waals surface area (Å²) in [5, 5.41) is 22.1. The molecular formula is C15H21NO3. The lowest BCUT2D eigenvalue weighted by molar-refractivity contribution is 0.0865. The number of phenols is 1. The summed E-state index contributed by atoms with van der Waals surface area (Å²) in [4.78, 5) is 12.1. The lowest BCUT2D eigenvalue weighted by atomic mass is 9.93. The number of aromatic hydroxyl groups is 1. The molecule has 0 spiro atoms. The third kappa shape index (κ3) is 3.47. The van der Waals surface area contributed by atoms with Crippen LogP contribution in [0.15, 0.2) is 18.2 Å². The number of aryl methyl sites for hydroxylation is 1. The van der Waals surface area contributed by atoms with Gasteiger partial charge in [0.15, 0.2) is 0 Å². The highest BCUT2D eigenvalue weighted by Gasteiger charge is 2.22. The van der Waals surface area contributed by atoms with Crippen molar-refractivity contribution in [1.82, 2.24) is 5.32 Å². The summed E-state index contributed by atoms with van der Waals surface area (Å²) in [6.45, 7) is 2.01. The van der Waals surface area contributed by atoms with Crippen molar-refractivity contribution in [2.45, 2.75) is 51.2 Å². The van der Waals surface area contributed by atoms with Crippen LogP contribution in [-0.4, -0.2) is 28.3 Å². The number of aliphatic hydroxyl groups excluding tert-OH is 1. The largest absolute Gasteiger partial charge is 0.507 e. The Bertz CT molecular complexity index is 451. The van der Waals surface area contributed by atoms with Gasteiger partial charge in [0.1, 0.15) is 5.75 Å². The molecule has 1 amide bonds. The predicted molar refractivity (Wildman–Crippen MR) is 73.2 cm³/mol. The Morgan fingerprint density at radius 3 is 2.63 bits per heavy atom. The molecule has 4 nitrogen and oxygen atoms in total. The standard InChI is InChI=1S/C15H21NO3/c1-2-10-3-8-14(18)13(9-10)15(19)16-11-4-6-12(17)7-5-11/h3,8-9,11-12,17-18H,2,4-7H2,1H3,(H,16,19). The number of carbonyl (C=O) groups excluding carboxylic acids is 1. The van der Waals surface area contributed by atoms with Crippen molar-refractivity contribution >= 4 is 5.91 Å². The quantitative estimate of drug-likeness (QED) is 0.781. The smallest absolute Gasteiger partial charge is 0.255 e. The molecule has 1 saturated carbocycles. The topological polar surface area (TPSA) is 69.6 Å². The van der Waals surface area contributed by atoms with Gasteiger partial charge in [-0.2, -0.15) is 0 Å². The maximum atomic E-state index is 12.1. The van der Waals surface area contributed by atoms with Crippen LogP contribution in [0.5, 0.6) is 5.75 Å². The number of rotatable bonds is 3. The summed E-state index contributed by atoms with van der Waals surface area (Å²) in [6.07, 6.45) is 3.64. The number of carbonyl (C=O) groups is 1. The first-order valence-corrected chi connectivity index (χ1v) is 6.91. The SMILES string of the molecule is CCc1ccc(O)c(C(=O)NC2CCC(O)CC2)c1. The van der Waals surface area contributed by atoms with Gasteiger partial charge in [0.05, 0.1) is 11.7 Å². The second kappa shape index (κ2) is 6.06. The van der Waals surface area contributed by atoms with Gasteiger partial charge < -0.3 is 15.5 Å². The molecule has 0 atom stereocenters. The molecule has 3 N–H and O–H groups in total. The molecule has 0 bridgehead atoms. The van der Waals surface area contributed by atoms with E-state index in [1.807, 2.05) is 13.0 Å². The summed E-state index contributed by atoms with van der Waals surface area (Å²) in [7, 11) is 0. The minimum atomic E-state index is -0.232. The van der Waals surface area contributed by atoms with Crippen molar-refractivity contribution < 1.29 is 15.0 Å². The second-order valence-corrected chi connectivity index (χ2v) is 5.18. The lowest BCUT2D eigenvalue weighted by Crippen LogP contribution is -2.38. The van der Waals surface area contributed by atoms with E-state index >= 15 is 0 Å². The highest BCUT2D eigenvalue weighted by atomic mass is 16.3. The van der Waals surface area contributed by atoms with E-state index in [0.717, 1.165) is 37.7 Å². The van der Waals surface area contributed by atoms with Crippen molar-refractivity contribution in [3.63, 3.8) is 0 Å². The second-order valence-electron chi connectivity index (χ2n) is 5.18. The van der Waals surface area contributed by atoms with Gasteiger partial charge in [-0.25, -0.2) is 0 Å². The van der Waals surface area contributed by atoms with Gasteiger partial charge in [-0.05, 0) is 49.8 Å². The van der Waals surface area contributed by atoms with Gasteiger partial charge in [-0.3, -0.25) is 4.79 Å². The van der Waals surface area contributed by atoms with Crippen LogP contribution in [0, 0.1) is 0 Å². The first kappa shape index (κ1) is 13.9. The molecule has 0 radical (unpaired) electrons. The average Bonchev–Trinajstić information content (AvgIpc) is 2.42. The third-order valence-electron chi connectivity index (χ3n) is 3.75. The van der Waals surface area contributed by atoms with Gasteiger partial charge in [0.25, 0.3) is 5.91 Å². The summed E-state index contributed by atoms with van der Waals surface area (Å²) >= 11 is 0. The van der Waals surface area contributed by atoms with E-state index in [0.29, 0.717) is 5.56 Å². The molecular weight excluding hydrogens is 242 g/mol. The van der Waals surface area contributed by atoms with Crippen LogP contribution in [0.4, 0.5) is 0 Å². The number of aliphatic hydroxyl groups is 1. The van der Waals surface area contributed by atoms with Gasteiger partial charge >= 0.3 is 0 Å². The van der Waals surface area contributed by atoms with Crippen molar-refractivity contribution in [3.05, 3.63) is 29.3 Å². The first-order chi connectivity index (χ1) is 9.10. The van der Waals surface area contributed by atoms with Crippen molar-refractivity contribution in [2.24, 2.45) is 0 Å². The molecule has 0 unspecified atom stereocenters. The number of phenolic OH excluding ortho intramolecular Hbond substituents is 1. The van der Waals surface area contributed by atoms with Crippen LogP contribution in [0.1, 0.15) is 48.5 Å². The molecule has 0 aromatic heterocycles. The molecule has 104 valence electrons. The Morgan fingerprint density at radius 1 is 1.32 bits per heavy atom. The van der Waals surface area contributed by atoms with E-state index in [2.05, 4.69) is 5.32 Å². The summed E-state index contributed by atoms with van der Waals surface area (Å²) in [6, 6.07) is 5.23. The molecule has 1 aromatic rings. The molecule has 1 fully saturated rings. The molecule has 1 aromatic carbocycles. The van der Waals surface area contributed by atoms with Crippen LogP contribution < -0.4 is 5.32 Å². The van der Waals surface area contributed by atoms with Gasteiger partial charge in [-0.15, -0.1) is 0 Å². The van der Waals surface area contributed by atoms with Crippen molar-refractivity contribution in [3.8, 4) is 5.75 Å². The maximum Gasteiger partial charge on any atom is 0.255 e. The maximum absolute atomic E-state index is 12.1. The number of nitrogens with one attached hydrogen (secondary N) is 1.